The Morgan fingerprint density at radius 2 is 2.03 bits per heavy atom. The molecule has 0 bridgehead atoms. The van der Waals surface area contributed by atoms with Crippen LogP contribution in [-0.2, 0) is 11.4 Å². The molecule has 0 saturated heterocycles. The van der Waals surface area contributed by atoms with Crippen molar-refractivity contribution in [1.82, 2.24) is 5.16 Å². The highest BCUT2D eigenvalue weighted by Crippen LogP contribution is 2.30. The lowest BCUT2D eigenvalue weighted by molar-refractivity contribution is -0.111. The first-order valence-corrected chi connectivity index (χ1v) is 10.2. The van der Waals surface area contributed by atoms with Gasteiger partial charge in [-0.3, -0.25) is 4.79 Å². The largest absolute Gasteiger partial charge is 0.493 e. The zero-order valence-corrected chi connectivity index (χ0v) is 19.0. The Morgan fingerprint density at radius 3 is 2.70 bits per heavy atom. The second-order valence-electron chi connectivity index (χ2n) is 6.45. The standard InChI is InChI=1S/C22H20BrClN2O4/c1-13-17(14(2)30-26-13)12-29-20-8-4-15(10-21(20)28-3)5-9-22(27)25-19-7-6-16(23)11-18(19)24/h4-11H,12H2,1-3H3,(H,25,27)/b9-5+. The quantitative estimate of drug-likeness (QED) is 0.414. The third-order valence-electron chi connectivity index (χ3n) is 4.36. The lowest BCUT2D eigenvalue weighted by Gasteiger charge is -2.11. The molecule has 2 aromatic carbocycles. The van der Waals surface area contributed by atoms with E-state index in [0.717, 1.165) is 27.1 Å². The van der Waals surface area contributed by atoms with Crippen LogP contribution in [0.4, 0.5) is 5.69 Å². The van der Waals surface area contributed by atoms with Gasteiger partial charge in [-0.05, 0) is 55.8 Å². The normalized spacial score (nSPS) is 11.0. The van der Waals surface area contributed by atoms with E-state index in [4.69, 9.17) is 25.6 Å². The van der Waals surface area contributed by atoms with E-state index in [1.165, 1.54) is 6.08 Å². The van der Waals surface area contributed by atoms with E-state index in [1.54, 1.807) is 43.5 Å². The highest BCUT2D eigenvalue weighted by atomic mass is 79.9. The van der Waals surface area contributed by atoms with Gasteiger partial charge in [-0.2, -0.15) is 0 Å². The first-order valence-electron chi connectivity index (χ1n) is 9.04. The van der Waals surface area contributed by atoms with Crippen LogP contribution in [0.25, 0.3) is 6.08 Å². The Kier molecular flexibility index (Phi) is 7.18. The number of halogens is 2. The Labute approximate surface area is 187 Å². The van der Waals surface area contributed by atoms with Crippen LogP contribution in [0.2, 0.25) is 5.02 Å². The van der Waals surface area contributed by atoms with Gasteiger partial charge in [0.25, 0.3) is 0 Å². The van der Waals surface area contributed by atoms with Crippen molar-refractivity contribution in [3.63, 3.8) is 0 Å². The third kappa shape index (κ3) is 5.43. The van der Waals surface area contributed by atoms with Gasteiger partial charge in [-0.25, -0.2) is 0 Å². The van der Waals surface area contributed by atoms with Gasteiger partial charge in [0.15, 0.2) is 11.5 Å². The summed E-state index contributed by atoms with van der Waals surface area (Å²) in [4.78, 5) is 12.2. The molecule has 0 radical (unpaired) electrons. The summed E-state index contributed by atoms with van der Waals surface area (Å²) in [5.41, 5.74) is 3.02. The predicted octanol–water partition coefficient (Wildman–Crippen LogP) is 5.95. The van der Waals surface area contributed by atoms with Crippen LogP contribution < -0.4 is 14.8 Å². The molecule has 6 nitrogen and oxygen atoms in total. The SMILES string of the molecule is COc1cc(/C=C/C(=O)Nc2ccc(Br)cc2Cl)ccc1OCc1c(C)noc1C. The average Bonchev–Trinajstić information content (AvgIpc) is 3.04. The van der Waals surface area contributed by atoms with Gasteiger partial charge < -0.3 is 19.3 Å². The summed E-state index contributed by atoms with van der Waals surface area (Å²) in [6.45, 7) is 4.03. The second kappa shape index (κ2) is 9.82. The molecule has 1 N–H and O–H groups in total. The highest BCUT2D eigenvalue weighted by molar-refractivity contribution is 9.10. The van der Waals surface area contributed by atoms with E-state index in [0.29, 0.717) is 28.8 Å². The lowest BCUT2D eigenvalue weighted by atomic mass is 10.1. The number of hydrogen-bond acceptors (Lipinski definition) is 5. The van der Waals surface area contributed by atoms with Crippen molar-refractivity contribution >= 4 is 45.2 Å². The van der Waals surface area contributed by atoms with Crippen molar-refractivity contribution in [3.8, 4) is 11.5 Å². The molecule has 1 heterocycles. The summed E-state index contributed by atoms with van der Waals surface area (Å²) >= 11 is 9.46. The van der Waals surface area contributed by atoms with Crippen molar-refractivity contribution in [2.45, 2.75) is 20.5 Å². The number of ether oxygens (including phenoxy) is 2. The summed E-state index contributed by atoms with van der Waals surface area (Å²) in [5, 5.41) is 7.12. The van der Waals surface area contributed by atoms with Crippen LogP contribution >= 0.6 is 27.5 Å². The number of nitrogens with zero attached hydrogens (tertiary/aromatic N) is 1. The molecular weight excluding hydrogens is 472 g/mol. The van der Waals surface area contributed by atoms with Crippen LogP contribution in [0.5, 0.6) is 11.5 Å². The van der Waals surface area contributed by atoms with E-state index in [-0.39, 0.29) is 5.91 Å². The number of methoxy groups -OCH3 is 1. The fourth-order valence-corrected chi connectivity index (χ4v) is 3.42. The number of aromatic nitrogens is 1. The molecule has 3 aromatic rings. The van der Waals surface area contributed by atoms with Crippen LogP contribution in [0.1, 0.15) is 22.6 Å². The van der Waals surface area contributed by atoms with Gasteiger partial charge in [-0.1, -0.05) is 38.8 Å². The molecule has 1 amide bonds. The van der Waals surface area contributed by atoms with Gasteiger partial charge >= 0.3 is 0 Å². The van der Waals surface area contributed by atoms with Gasteiger partial charge in [0.2, 0.25) is 5.91 Å². The number of anilines is 1. The molecule has 0 saturated carbocycles. The first-order chi connectivity index (χ1) is 14.4. The number of hydrogen-bond donors (Lipinski definition) is 1. The maximum absolute atomic E-state index is 12.2. The van der Waals surface area contributed by atoms with Gasteiger partial charge in [0, 0.05) is 10.5 Å². The third-order valence-corrected chi connectivity index (χ3v) is 5.16. The zero-order valence-electron chi connectivity index (χ0n) is 16.7. The zero-order chi connectivity index (χ0) is 21.7. The summed E-state index contributed by atoms with van der Waals surface area (Å²) in [5.74, 6) is 1.57. The van der Waals surface area contributed by atoms with Crippen LogP contribution in [0.3, 0.4) is 0 Å². The van der Waals surface area contributed by atoms with Crippen LogP contribution in [0, 0.1) is 13.8 Å². The molecule has 30 heavy (non-hydrogen) atoms. The second-order valence-corrected chi connectivity index (χ2v) is 7.77. The van der Waals surface area contributed by atoms with Crippen LogP contribution in [0.15, 0.2) is 51.5 Å². The van der Waals surface area contributed by atoms with Crippen molar-refractivity contribution in [2.24, 2.45) is 0 Å². The smallest absolute Gasteiger partial charge is 0.248 e. The van der Waals surface area contributed by atoms with E-state index in [9.17, 15) is 4.79 Å². The van der Waals surface area contributed by atoms with Gasteiger partial charge in [0.05, 0.1) is 29.1 Å². The number of nitrogens with one attached hydrogen (secondary N) is 1. The number of rotatable bonds is 7. The summed E-state index contributed by atoms with van der Waals surface area (Å²) in [7, 11) is 1.56. The molecule has 0 spiro atoms. The summed E-state index contributed by atoms with van der Waals surface area (Å²) < 4.78 is 17.3. The molecule has 0 aliphatic carbocycles. The molecular formula is C22H20BrClN2O4. The van der Waals surface area contributed by atoms with Crippen molar-refractivity contribution in [2.75, 3.05) is 12.4 Å². The van der Waals surface area contributed by atoms with E-state index in [2.05, 4.69) is 26.4 Å². The number of benzene rings is 2. The monoisotopic (exact) mass is 490 g/mol. The fraction of sp³-hybridized carbons (Fsp3) is 0.182. The maximum Gasteiger partial charge on any atom is 0.248 e. The number of amides is 1. The van der Waals surface area contributed by atoms with Crippen molar-refractivity contribution in [3.05, 3.63) is 74.6 Å². The number of carbonyl (C=O) groups is 1. The lowest BCUT2D eigenvalue weighted by Crippen LogP contribution is -2.08. The van der Waals surface area contributed by atoms with Crippen molar-refractivity contribution in [1.29, 1.82) is 0 Å². The van der Waals surface area contributed by atoms with E-state index < -0.39 is 0 Å². The molecule has 0 aliphatic rings. The molecule has 0 atom stereocenters. The topological polar surface area (TPSA) is 73.6 Å². The Balaban J connectivity index is 1.67. The summed E-state index contributed by atoms with van der Waals surface area (Å²) in [6.07, 6.45) is 3.11. The minimum Gasteiger partial charge on any atom is -0.493 e. The van der Waals surface area contributed by atoms with Gasteiger partial charge in [-0.15, -0.1) is 0 Å². The summed E-state index contributed by atoms with van der Waals surface area (Å²) in [6, 6.07) is 10.7. The maximum atomic E-state index is 12.2. The van der Waals surface area contributed by atoms with Crippen molar-refractivity contribution < 1.29 is 18.8 Å². The number of carbonyl (C=O) groups excluding carboxylic acids is 1. The fourth-order valence-electron chi connectivity index (χ4n) is 2.70. The Bertz CT molecular complexity index is 1080. The predicted molar refractivity (Wildman–Crippen MR) is 120 cm³/mol. The Morgan fingerprint density at radius 1 is 1.23 bits per heavy atom. The molecule has 8 heteroatoms. The minimum atomic E-state index is -0.295. The van der Waals surface area contributed by atoms with E-state index in [1.807, 2.05) is 19.9 Å². The molecule has 1 aromatic heterocycles. The number of aryl methyl sites for hydroxylation is 2. The molecule has 0 unspecified atom stereocenters. The highest BCUT2D eigenvalue weighted by Gasteiger charge is 2.12. The first kappa shape index (κ1) is 21.9. The minimum absolute atomic E-state index is 0.295. The molecule has 156 valence electrons. The van der Waals surface area contributed by atoms with Gasteiger partial charge in [0.1, 0.15) is 12.4 Å². The van der Waals surface area contributed by atoms with Crippen LogP contribution in [-0.4, -0.2) is 18.2 Å². The molecule has 3 rings (SSSR count). The molecule has 0 aliphatic heterocycles. The Hall–Kier alpha value is -2.77. The average molecular weight is 492 g/mol. The van der Waals surface area contributed by atoms with E-state index >= 15 is 0 Å². The molecule has 0 fully saturated rings.